The lowest BCUT2D eigenvalue weighted by Gasteiger charge is -2.14. The number of hydrogen-bond acceptors (Lipinski definition) is 3. The first-order valence-corrected chi connectivity index (χ1v) is 7.17. The Labute approximate surface area is 126 Å². The van der Waals surface area contributed by atoms with Crippen molar-refractivity contribution in [1.29, 1.82) is 0 Å². The molecule has 1 rings (SSSR count). The molecule has 0 aromatic heterocycles. The van der Waals surface area contributed by atoms with Crippen LogP contribution in [0.1, 0.15) is 36.5 Å². The Morgan fingerprint density at radius 1 is 1.29 bits per heavy atom. The highest BCUT2D eigenvalue weighted by Crippen LogP contribution is 2.13. The van der Waals surface area contributed by atoms with E-state index in [1.165, 1.54) is 0 Å². The second kappa shape index (κ2) is 8.29. The average Bonchev–Trinajstić information content (AvgIpc) is 2.45. The summed E-state index contributed by atoms with van der Waals surface area (Å²) in [6.45, 7) is 2.56. The number of nitrogens with zero attached hydrogens (tertiary/aromatic N) is 1. The molecule has 0 radical (unpaired) electrons. The number of hydrogen-bond donors (Lipinski definition) is 2. The van der Waals surface area contributed by atoms with Gasteiger partial charge in [-0.15, -0.1) is 0 Å². The molecule has 1 atom stereocenters. The second-order valence-corrected chi connectivity index (χ2v) is 5.53. The monoisotopic (exact) mass is 292 g/mol. The van der Waals surface area contributed by atoms with Crippen LogP contribution in [-0.4, -0.2) is 37.6 Å². The molecule has 0 fully saturated rings. The summed E-state index contributed by atoms with van der Waals surface area (Å²) in [4.78, 5) is 24.5. The van der Waals surface area contributed by atoms with Crippen LogP contribution in [0.3, 0.4) is 0 Å². The lowest BCUT2D eigenvalue weighted by Crippen LogP contribution is -2.26. The van der Waals surface area contributed by atoms with E-state index in [1.807, 2.05) is 44.1 Å². The zero-order chi connectivity index (χ0) is 15.8. The molecule has 0 spiro atoms. The van der Waals surface area contributed by atoms with Gasteiger partial charge in [-0.05, 0) is 37.0 Å². The Hall–Kier alpha value is -2.04. The van der Waals surface area contributed by atoms with Gasteiger partial charge in [0, 0.05) is 38.3 Å². The Kier molecular flexibility index (Phi) is 6.72. The zero-order valence-corrected chi connectivity index (χ0v) is 12.9. The fourth-order valence-corrected chi connectivity index (χ4v) is 1.97. The maximum Gasteiger partial charge on any atom is 0.303 e. The van der Waals surface area contributed by atoms with Crippen LogP contribution in [0.25, 0.3) is 0 Å². The Morgan fingerprint density at radius 3 is 2.62 bits per heavy atom. The minimum absolute atomic E-state index is 0.0934. The molecule has 2 N–H and O–H groups in total. The molecule has 0 aliphatic rings. The van der Waals surface area contributed by atoms with Gasteiger partial charge < -0.3 is 15.3 Å². The van der Waals surface area contributed by atoms with Gasteiger partial charge in [-0.1, -0.05) is 13.0 Å². The Morgan fingerprint density at radius 2 is 2.00 bits per heavy atom. The van der Waals surface area contributed by atoms with E-state index >= 15 is 0 Å². The molecule has 0 saturated carbocycles. The summed E-state index contributed by atoms with van der Waals surface area (Å²) in [6, 6.07) is 7.45. The molecular formula is C16H24N2O3. The highest BCUT2D eigenvalue weighted by atomic mass is 16.4. The number of aliphatic carboxylic acids is 1. The molecule has 0 bridgehead atoms. The van der Waals surface area contributed by atoms with Gasteiger partial charge in [0.25, 0.3) is 5.91 Å². The first-order valence-electron chi connectivity index (χ1n) is 7.17. The Balaban J connectivity index is 2.40. The lowest BCUT2D eigenvalue weighted by atomic mass is 10.0. The SMILES string of the molecule is CC(CCNC(=O)c1cccc(N(C)C)c1)CCC(=O)O. The average molecular weight is 292 g/mol. The van der Waals surface area contributed by atoms with Crippen LogP contribution in [0, 0.1) is 5.92 Å². The Bertz CT molecular complexity index is 486. The van der Waals surface area contributed by atoms with E-state index < -0.39 is 5.97 Å². The lowest BCUT2D eigenvalue weighted by molar-refractivity contribution is -0.137. The molecule has 0 heterocycles. The van der Waals surface area contributed by atoms with Crippen LogP contribution in [0.2, 0.25) is 0 Å². The number of benzene rings is 1. The van der Waals surface area contributed by atoms with Gasteiger partial charge in [0.15, 0.2) is 0 Å². The van der Waals surface area contributed by atoms with Gasteiger partial charge in [-0.25, -0.2) is 0 Å². The summed E-state index contributed by atoms with van der Waals surface area (Å²) in [5.41, 5.74) is 1.62. The predicted molar refractivity (Wildman–Crippen MR) is 83.8 cm³/mol. The maximum absolute atomic E-state index is 12.0. The quantitative estimate of drug-likeness (QED) is 0.772. The van der Waals surface area contributed by atoms with Crippen molar-refractivity contribution in [2.24, 2.45) is 5.92 Å². The van der Waals surface area contributed by atoms with Crippen molar-refractivity contribution in [2.45, 2.75) is 26.2 Å². The highest BCUT2D eigenvalue weighted by molar-refractivity contribution is 5.95. The molecule has 0 aliphatic heterocycles. The standard InChI is InChI=1S/C16H24N2O3/c1-12(7-8-15(19)20)9-10-17-16(21)13-5-4-6-14(11-13)18(2)3/h4-6,11-12H,7-10H2,1-3H3,(H,17,21)(H,19,20). The number of carboxylic acids is 1. The third-order valence-corrected chi connectivity index (χ3v) is 3.40. The van der Waals surface area contributed by atoms with Gasteiger partial charge in [0.1, 0.15) is 0 Å². The van der Waals surface area contributed by atoms with E-state index in [1.54, 1.807) is 6.07 Å². The number of amides is 1. The van der Waals surface area contributed by atoms with Gasteiger partial charge in [0.2, 0.25) is 0 Å². The van der Waals surface area contributed by atoms with Crippen molar-refractivity contribution in [3.05, 3.63) is 29.8 Å². The van der Waals surface area contributed by atoms with E-state index in [-0.39, 0.29) is 18.2 Å². The number of rotatable bonds is 8. The van der Waals surface area contributed by atoms with Gasteiger partial charge in [-0.3, -0.25) is 9.59 Å². The molecule has 5 nitrogen and oxygen atoms in total. The van der Waals surface area contributed by atoms with Gasteiger partial charge in [0.05, 0.1) is 0 Å². The van der Waals surface area contributed by atoms with Crippen LogP contribution in [0.4, 0.5) is 5.69 Å². The molecule has 0 saturated heterocycles. The van der Waals surface area contributed by atoms with Crippen molar-refractivity contribution in [3.8, 4) is 0 Å². The van der Waals surface area contributed by atoms with Crippen LogP contribution in [0.5, 0.6) is 0 Å². The van der Waals surface area contributed by atoms with Crippen molar-refractivity contribution in [1.82, 2.24) is 5.32 Å². The summed E-state index contributed by atoms with van der Waals surface area (Å²) in [5, 5.41) is 11.5. The maximum atomic E-state index is 12.0. The van der Waals surface area contributed by atoms with E-state index in [9.17, 15) is 9.59 Å². The summed E-state index contributed by atoms with van der Waals surface area (Å²) < 4.78 is 0. The fourth-order valence-electron chi connectivity index (χ4n) is 1.97. The fraction of sp³-hybridized carbons (Fsp3) is 0.500. The van der Waals surface area contributed by atoms with Crippen molar-refractivity contribution in [3.63, 3.8) is 0 Å². The van der Waals surface area contributed by atoms with E-state index in [0.29, 0.717) is 18.5 Å². The minimum atomic E-state index is -0.772. The number of carbonyl (C=O) groups is 2. The van der Waals surface area contributed by atoms with Gasteiger partial charge in [-0.2, -0.15) is 0 Å². The summed E-state index contributed by atoms with van der Waals surface area (Å²) in [5.74, 6) is -0.579. The van der Waals surface area contributed by atoms with E-state index in [0.717, 1.165) is 12.1 Å². The van der Waals surface area contributed by atoms with Crippen molar-refractivity contribution < 1.29 is 14.7 Å². The van der Waals surface area contributed by atoms with Crippen LogP contribution < -0.4 is 10.2 Å². The number of carboxylic acid groups (broad SMARTS) is 1. The smallest absolute Gasteiger partial charge is 0.303 e. The normalized spacial score (nSPS) is 11.8. The van der Waals surface area contributed by atoms with Crippen LogP contribution in [0.15, 0.2) is 24.3 Å². The highest BCUT2D eigenvalue weighted by Gasteiger charge is 2.09. The third-order valence-electron chi connectivity index (χ3n) is 3.40. The van der Waals surface area contributed by atoms with E-state index in [4.69, 9.17) is 5.11 Å². The molecule has 0 aliphatic carbocycles. The molecule has 1 unspecified atom stereocenters. The zero-order valence-electron chi connectivity index (χ0n) is 12.9. The van der Waals surface area contributed by atoms with Crippen LogP contribution in [-0.2, 0) is 4.79 Å². The number of carbonyl (C=O) groups excluding carboxylic acids is 1. The topological polar surface area (TPSA) is 69.6 Å². The van der Waals surface area contributed by atoms with E-state index in [2.05, 4.69) is 5.32 Å². The summed E-state index contributed by atoms with van der Waals surface area (Å²) >= 11 is 0. The van der Waals surface area contributed by atoms with Gasteiger partial charge >= 0.3 is 5.97 Å². The van der Waals surface area contributed by atoms with Crippen molar-refractivity contribution >= 4 is 17.6 Å². The molecule has 116 valence electrons. The molecule has 21 heavy (non-hydrogen) atoms. The molecule has 1 aromatic carbocycles. The second-order valence-electron chi connectivity index (χ2n) is 5.53. The molecule has 1 aromatic rings. The molecule has 1 amide bonds. The number of nitrogens with one attached hydrogen (secondary N) is 1. The molecule has 5 heteroatoms. The first-order chi connectivity index (χ1) is 9.90. The van der Waals surface area contributed by atoms with Crippen LogP contribution >= 0.6 is 0 Å². The predicted octanol–water partition coefficient (Wildman–Crippen LogP) is 2.37. The summed E-state index contributed by atoms with van der Waals surface area (Å²) in [7, 11) is 3.86. The first kappa shape index (κ1) is 17.0. The largest absolute Gasteiger partial charge is 0.481 e. The number of anilines is 1. The summed E-state index contributed by atoms with van der Waals surface area (Å²) in [6.07, 6.45) is 1.60. The van der Waals surface area contributed by atoms with Crippen molar-refractivity contribution in [2.75, 3.05) is 25.5 Å². The third kappa shape index (κ3) is 6.29. The molecular weight excluding hydrogens is 268 g/mol. The minimum Gasteiger partial charge on any atom is -0.481 e.